The van der Waals surface area contributed by atoms with Gasteiger partial charge in [0.15, 0.2) is 0 Å². The molecular weight excluding hydrogens is 590 g/mol. The summed E-state index contributed by atoms with van der Waals surface area (Å²) in [6, 6.07) is 2.05. The molecule has 0 atom stereocenters. The van der Waals surface area contributed by atoms with Crippen molar-refractivity contribution in [1.82, 2.24) is 20.3 Å². The first-order chi connectivity index (χ1) is 19.9. The quantitative estimate of drug-likeness (QED) is 0.409. The Balaban J connectivity index is 0.000000384. The fourth-order valence-electron chi connectivity index (χ4n) is 3.68. The summed E-state index contributed by atoms with van der Waals surface area (Å²) in [4.78, 5) is 48.7. The minimum absolute atomic E-state index is 0.0181. The van der Waals surface area contributed by atoms with Crippen molar-refractivity contribution < 1.29 is 50.9 Å². The second kappa shape index (κ2) is 14.8. The molecule has 0 spiro atoms. The molecular formula is C26H32F6N6O5. The number of carbonyl (C=O) groups excluding carboxylic acids is 1. The maximum Gasteiger partial charge on any atom is 0.490 e. The van der Waals surface area contributed by atoms with Crippen LogP contribution in [0.4, 0.5) is 38.1 Å². The Bertz CT molecular complexity index is 1240. The normalized spacial score (nSPS) is 14.6. The van der Waals surface area contributed by atoms with Gasteiger partial charge < -0.3 is 25.3 Å². The third-order valence-electron chi connectivity index (χ3n) is 6.22. The zero-order valence-electron chi connectivity index (χ0n) is 23.6. The number of amides is 1. The van der Waals surface area contributed by atoms with Gasteiger partial charge in [-0.05, 0) is 48.8 Å². The van der Waals surface area contributed by atoms with Crippen molar-refractivity contribution >= 4 is 29.6 Å². The van der Waals surface area contributed by atoms with Crippen LogP contribution in [-0.2, 0) is 28.9 Å². The molecule has 2 aromatic heterocycles. The Morgan fingerprint density at radius 2 is 1.49 bits per heavy atom. The molecule has 1 amide bonds. The number of aliphatic carboxylic acids is 2. The number of fused-ring (bicyclic) bond motifs is 1. The molecule has 2 aromatic rings. The summed E-state index contributed by atoms with van der Waals surface area (Å²) >= 11 is 0. The number of nitrogens with zero attached hydrogens (tertiary/aromatic N) is 5. The maximum atomic E-state index is 12.8. The predicted molar refractivity (Wildman–Crippen MR) is 142 cm³/mol. The van der Waals surface area contributed by atoms with Crippen LogP contribution in [0.3, 0.4) is 0 Å². The first kappa shape index (κ1) is 35.0. The number of pyridine rings is 1. The molecule has 3 N–H and O–H groups in total. The van der Waals surface area contributed by atoms with E-state index in [9.17, 15) is 31.1 Å². The predicted octanol–water partition coefficient (Wildman–Crippen LogP) is 3.51. The molecule has 11 nitrogen and oxygen atoms in total. The van der Waals surface area contributed by atoms with Crippen molar-refractivity contribution in [2.24, 2.45) is 5.92 Å². The molecule has 2 aliphatic rings. The second-order valence-corrected chi connectivity index (χ2v) is 9.85. The summed E-state index contributed by atoms with van der Waals surface area (Å²) < 4.78 is 63.5. The van der Waals surface area contributed by atoms with Gasteiger partial charge in [0.1, 0.15) is 5.82 Å². The van der Waals surface area contributed by atoms with Crippen molar-refractivity contribution in [3.8, 4) is 0 Å². The smallest absolute Gasteiger partial charge is 0.475 e. The highest BCUT2D eigenvalue weighted by Crippen LogP contribution is 2.28. The van der Waals surface area contributed by atoms with Crippen LogP contribution in [0.25, 0.3) is 0 Å². The van der Waals surface area contributed by atoms with Crippen LogP contribution in [-0.4, -0.2) is 89.1 Å². The van der Waals surface area contributed by atoms with Gasteiger partial charge in [0.25, 0.3) is 5.91 Å². The molecule has 4 rings (SSSR count). The van der Waals surface area contributed by atoms with Gasteiger partial charge in [0, 0.05) is 58.2 Å². The van der Waals surface area contributed by atoms with E-state index in [2.05, 4.69) is 27.1 Å². The Morgan fingerprint density at radius 1 is 0.977 bits per heavy atom. The lowest BCUT2D eigenvalue weighted by Crippen LogP contribution is -2.28. The van der Waals surface area contributed by atoms with Crippen molar-refractivity contribution in [3.63, 3.8) is 0 Å². The minimum Gasteiger partial charge on any atom is -0.475 e. The van der Waals surface area contributed by atoms with E-state index in [0.29, 0.717) is 11.5 Å². The fraction of sp³-hybridized carbons (Fsp3) is 0.538. The van der Waals surface area contributed by atoms with Crippen molar-refractivity contribution in [2.75, 3.05) is 43.5 Å². The number of carbonyl (C=O) groups is 3. The molecule has 0 aromatic carbocycles. The summed E-state index contributed by atoms with van der Waals surface area (Å²) in [7, 11) is 3.89. The molecule has 17 heteroatoms. The molecule has 0 unspecified atom stereocenters. The van der Waals surface area contributed by atoms with Crippen molar-refractivity contribution in [3.05, 3.63) is 40.8 Å². The van der Waals surface area contributed by atoms with Crippen LogP contribution in [0.1, 0.15) is 46.9 Å². The molecule has 1 aliphatic carbocycles. The van der Waals surface area contributed by atoms with Crippen LogP contribution in [0.2, 0.25) is 0 Å². The third-order valence-corrected chi connectivity index (χ3v) is 6.22. The summed E-state index contributed by atoms with van der Waals surface area (Å²) in [6.45, 7) is 4.52. The third kappa shape index (κ3) is 11.2. The van der Waals surface area contributed by atoms with Gasteiger partial charge in [0.05, 0.1) is 5.56 Å². The molecule has 0 saturated heterocycles. The van der Waals surface area contributed by atoms with E-state index in [0.717, 1.165) is 67.5 Å². The molecule has 3 heterocycles. The number of alkyl halides is 6. The van der Waals surface area contributed by atoms with Crippen LogP contribution in [0.15, 0.2) is 18.5 Å². The lowest BCUT2D eigenvalue weighted by Gasteiger charge is -2.19. The second-order valence-electron chi connectivity index (χ2n) is 9.85. The van der Waals surface area contributed by atoms with Crippen LogP contribution in [0, 0.1) is 5.92 Å². The fourth-order valence-corrected chi connectivity index (χ4v) is 3.68. The number of anilines is 2. The van der Waals surface area contributed by atoms with Gasteiger partial charge in [0.2, 0.25) is 5.95 Å². The number of aryl methyl sites for hydroxylation is 1. The highest BCUT2D eigenvalue weighted by atomic mass is 19.4. The lowest BCUT2D eigenvalue weighted by molar-refractivity contribution is -0.193. The van der Waals surface area contributed by atoms with Gasteiger partial charge in [-0.15, -0.1) is 0 Å². The molecule has 43 heavy (non-hydrogen) atoms. The summed E-state index contributed by atoms with van der Waals surface area (Å²) in [5.74, 6) is -3.36. The molecule has 238 valence electrons. The first-order valence-electron chi connectivity index (χ1n) is 13.1. The standard InChI is InChI=1S/C22H30N6O.2C2HF3O2/c1-4-15-12-24-22(25-13-15)28-9-7-17-11-18(21(29)23-14-16-5-6-16)20(27(2)3)26-19(17)8-10-28;2*3-2(4,5)1(6)7/h11-13,16H,4-10,14H2,1-3H3,(H,23,29);2*(H,6,7). The van der Waals surface area contributed by atoms with Gasteiger partial charge >= 0.3 is 24.3 Å². The Morgan fingerprint density at radius 3 is 1.93 bits per heavy atom. The number of carboxylic acids is 2. The van der Waals surface area contributed by atoms with E-state index in [1.807, 2.05) is 37.5 Å². The lowest BCUT2D eigenvalue weighted by atomic mass is 10.0. The molecule has 0 radical (unpaired) electrons. The van der Waals surface area contributed by atoms with E-state index in [1.54, 1.807) is 0 Å². The highest BCUT2D eigenvalue weighted by molar-refractivity contribution is 5.99. The monoisotopic (exact) mass is 622 g/mol. The van der Waals surface area contributed by atoms with Crippen molar-refractivity contribution in [2.45, 2.75) is 51.4 Å². The number of rotatable bonds is 6. The molecule has 1 saturated carbocycles. The number of hydrogen-bond donors (Lipinski definition) is 3. The van der Waals surface area contributed by atoms with Gasteiger partial charge in [-0.25, -0.2) is 24.5 Å². The minimum atomic E-state index is -5.08. The molecule has 1 fully saturated rings. The van der Waals surface area contributed by atoms with E-state index >= 15 is 0 Å². The number of carboxylic acid groups (broad SMARTS) is 2. The van der Waals surface area contributed by atoms with E-state index in [1.165, 1.54) is 12.8 Å². The van der Waals surface area contributed by atoms with Crippen LogP contribution in [0.5, 0.6) is 0 Å². The van der Waals surface area contributed by atoms with E-state index in [4.69, 9.17) is 24.8 Å². The summed E-state index contributed by atoms with van der Waals surface area (Å²) in [5, 5.41) is 17.3. The number of halogens is 6. The first-order valence-corrected chi connectivity index (χ1v) is 13.1. The number of hydrogen-bond acceptors (Lipinski definition) is 8. The average Bonchev–Trinajstić information content (AvgIpc) is 3.77. The highest BCUT2D eigenvalue weighted by Gasteiger charge is 2.39. The van der Waals surface area contributed by atoms with E-state index in [-0.39, 0.29) is 5.91 Å². The van der Waals surface area contributed by atoms with Gasteiger partial charge in [-0.1, -0.05) is 6.92 Å². The molecule has 1 aliphatic heterocycles. The number of aromatic nitrogens is 3. The van der Waals surface area contributed by atoms with Crippen LogP contribution >= 0.6 is 0 Å². The van der Waals surface area contributed by atoms with Gasteiger partial charge in [-0.3, -0.25) is 4.79 Å². The van der Waals surface area contributed by atoms with Crippen molar-refractivity contribution in [1.29, 1.82) is 0 Å². The Hall–Kier alpha value is -4.18. The summed E-state index contributed by atoms with van der Waals surface area (Å²) in [6.07, 6.45) is -1.32. The number of nitrogens with one attached hydrogen (secondary N) is 1. The Kier molecular flexibility index (Phi) is 12.1. The zero-order chi connectivity index (χ0) is 32.5. The van der Waals surface area contributed by atoms with E-state index < -0.39 is 24.3 Å². The molecule has 0 bridgehead atoms. The summed E-state index contributed by atoms with van der Waals surface area (Å²) in [5.41, 5.74) is 4.04. The average molecular weight is 623 g/mol. The SMILES string of the molecule is CCc1cnc(N2CCc3cc(C(=O)NCC4CC4)c(N(C)C)nc3CC2)nc1.O=C(O)C(F)(F)F.O=C(O)C(F)(F)F. The topological polar surface area (TPSA) is 149 Å². The van der Waals surface area contributed by atoms with Crippen LogP contribution < -0.4 is 15.1 Å². The van der Waals surface area contributed by atoms with Gasteiger partial charge in [-0.2, -0.15) is 26.3 Å². The Labute approximate surface area is 242 Å². The zero-order valence-corrected chi connectivity index (χ0v) is 23.6. The maximum absolute atomic E-state index is 12.8. The largest absolute Gasteiger partial charge is 0.490 e.